The molecule has 0 aromatic heterocycles. The second-order valence-corrected chi connectivity index (χ2v) is 15.3. The Morgan fingerprint density at radius 2 is 1.98 bits per heavy atom. The average Bonchev–Trinajstić information content (AvgIpc) is 3.06. The molecule has 12 heteroatoms. The maximum absolute atomic E-state index is 13.8. The van der Waals surface area contributed by atoms with Gasteiger partial charge in [0.2, 0.25) is 0 Å². The highest BCUT2D eigenvalue weighted by Gasteiger charge is 2.38. The Bertz CT molecular complexity index is 1680. The molecule has 6 atom stereocenters. The third-order valence-electron chi connectivity index (χ3n) is 10.2. The number of anilines is 1. The van der Waals surface area contributed by atoms with Crippen LogP contribution in [0.15, 0.2) is 52.9 Å². The van der Waals surface area contributed by atoms with E-state index in [4.69, 9.17) is 26.3 Å². The molecule has 1 saturated carbocycles. The van der Waals surface area contributed by atoms with Gasteiger partial charge in [0.15, 0.2) is 0 Å². The first-order valence-corrected chi connectivity index (χ1v) is 18.6. The number of likely N-dealkylation sites (tertiary alicyclic amines) is 1. The molecular weight excluding hydrogens is 650 g/mol. The maximum atomic E-state index is 13.8. The lowest BCUT2D eigenvalue weighted by Crippen LogP contribution is -2.56. The summed E-state index contributed by atoms with van der Waals surface area (Å²) in [6.07, 6.45) is 9.34. The second kappa shape index (κ2) is 15.3. The van der Waals surface area contributed by atoms with Crippen molar-refractivity contribution in [3.63, 3.8) is 0 Å². The molecule has 3 amide bonds. The number of fused-ring (bicyclic) bond motifs is 3. The van der Waals surface area contributed by atoms with Crippen LogP contribution in [0.4, 0.5) is 10.5 Å². The molecule has 2 aromatic rings. The van der Waals surface area contributed by atoms with E-state index in [1.54, 1.807) is 13.2 Å². The molecule has 2 bridgehead atoms. The minimum Gasteiger partial charge on any atom is -0.491 e. The molecule has 0 spiro atoms. The Kier molecular flexibility index (Phi) is 10.9. The maximum Gasteiger partial charge on any atom is 0.318 e. The first-order valence-electron chi connectivity index (χ1n) is 16.9. The van der Waals surface area contributed by atoms with Crippen molar-refractivity contribution < 1.29 is 23.3 Å². The van der Waals surface area contributed by atoms with Gasteiger partial charge in [-0.1, -0.05) is 36.7 Å². The van der Waals surface area contributed by atoms with Crippen LogP contribution >= 0.6 is 11.6 Å². The molecule has 2 fully saturated rings. The Morgan fingerprint density at radius 1 is 1.15 bits per heavy atom. The SMILES string of the molecule is CO[C@H]1/C=C/C[C@H](C)C(NC(=O)N2CC(C#N)C2)/[SH](=O)=N\C(=O)c2ccc3c(c2)N(Cc2ccc(Cl)cc2CCCCO3)C[C@@H]2CC[C@H]21. The van der Waals surface area contributed by atoms with Gasteiger partial charge in [-0.15, -0.1) is 0 Å². The molecule has 48 heavy (non-hydrogen) atoms. The number of carbonyl (C=O) groups excluding carboxylic acids is 2. The van der Waals surface area contributed by atoms with Crippen molar-refractivity contribution in [3.05, 3.63) is 70.3 Å². The van der Waals surface area contributed by atoms with Crippen LogP contribution in [0, 0.1) is 35.0 Å². The number of nitrogens with zero attached hydrogens (tertiary/aromatic N) is 4. The predicted octanol–water partition coefficient (Wildman–Crippen LogP) is 5.99. The van der Waals surface area contributed by atoms with Gasteiger partial charge in [0.25, 0.3) is 5.91 Å². The quantitative estimate of drug-likeness (QED) is 0.292. The Labute approximate surface area is 289 Å². The van der Waals surface area contributed by atoms with Crippen LogP contribution < -0.4 is 15.0 Å². The lowest BCUT2D eigenvalue weighted by Gasteiger charge is -2.43. The molecule has 2 unspecified atom stereocenters. The summed E-state index contributed by atoms with van der Waals surface area (Å²) in [7, 11) is -0.794. The molecular formula is C36H44ClN5O5S. The molecule has 3 heterocycles. The van der Waals surface area contributed by atoms with Gasteiger partial charge in [0.05, 0.1) is 41.0 Å². The molecule has 2 aromatic carbocycles. The van der Waals surface area contributed by atoms with E-state index in [1.807, 2.05) is 31.2 Å². The summed E-state index contributed by atoms with van der Waals surface area (Å²) >= 11 is 6.44. The highest BCUT2D eigenvalue weighted by Crippen LogP contribution is 2.42. The molecule has 4 aliphatic rings. The van der Waals surface area contributed by atoms with Gasteiger partial charge in [0.1, 0.15) is 11.1 Å². The fourth-order valence-electron chi connectivity index (χ4n) is 7.11. The van der Waals surface area contributed by atoms with E-state index in [0.717, 1.165) is 44.3 Å². The highest BCUT2D eigenvalue weighted by molar-refractivity contribution is 7.76. The number of amides is 3. The number of halogens is 1. The summed E-state index contributed by atoms with van der Waals surface area (Å²) < 4.78 is 30.3. The average molecular weight is 694 g/mol. The molecule has 1 aliphatic carbocycles. The van der Waals surface area contributed by atoms with Crippen molar-refractivity contribution in [3.8, 4) is 11.8 Å². The topological polar surface area (TPSA) is 124 Å². The van der Waals surface area contributed by atoms with Gasteiger partial charge in [-0.3, -0.25) is 9.00 Å². The van der Waals surface area contributed by atoms with Crippen LogP contribution in [0.3, 0.4) is 0 Å². The third kappa shape index (κ3) is 7.66. The monoisotopic (exact) mass is 693 g/mol. The number of urea groups is 1. The number of ether oxygens (including phenoxy) is 2. The van der Waals surface area contributed by atoms with Crippen molar-refractivity contribution in [2.45, 2.75) is 63.5 Å². The van der Waals surface area contributed by atoms with Gasteiger partial charge < -0.3 is 24.6 Å². The van der Waals surface area contributed by atoms with Crippen LogP contribution in [0.2, 0.25) is 5.02 Å². The number of thiol groups is 1. The van der Waals surface area contributed by atoms with Crippen LogP contribution in [0.1, 0.15) is 60.5 Å². The molecule has 256 valence electrons. The number of hydrogen-bond acceptors (Lipinski definition) is 7. The standard InChI is InChI=1S/C36H44ClN5O5S/c1-23-6-5-8-32(46-2)30-13-10-28(30)22-41-21-27-9-12-29(37)16-25(27)7-3-4-15-47-33-14-11-26(17-31(33)41)34(43)40-48(45)35(23)39-36(44)42-19-24(18-38)20-42/h5,8-9,11-12,14,16-17,23-24,28,30,32,35,48H,3-4,6-7,10,13,15,19-22H2,1-2H3,(H,39,44)/b8-5+/t23-,28-,30+,32-,35?/m0/s1. The zero-order valence-corrected chi connectivity index (χ0v) is 29.2. The van der Waals surface area contributed by atoms with Crippen molar-refractivity contribution in [2.24, 2.45) is 28.0 Å². The smallest absolute Gasteiger partial charge is 0.318 e. The predicted molar refractivity (Wildman–Crippen MR) is 187 cm³/mol. The number of allylic oxidation sites excluding steroid dienone is 1. The lowest BCUT2D eigenvalue weighted by atomic mass is 9.70. The first kappa shape index (κ1) is 34.3. The molecule has 3 aliphatic heterocycles. The van der Waals surface area contributed by atoms with E-state index in [2.05, 4.69) is 38.9 Å². The minimum absolute atomic E-state index is 0.0991. The van der Waals surface area contributed by atoms with E-state index in [0.29, 0.717) is 60.8 Å². The zero-order valence-electron chi connectivity index (χ0n) is 27.5. The number of aryl methyl sites for hydroxylation is 1. The molecule has 1 saturated heterocycles. The number of nitrogens with one attached hydrogen (secondary N) is 1. The summed E-state index contributed by atoms with van der Waals surface area (Å²) in [6, 6.07) is 13.1. The van der Waals surface area contributed by atoms with E-state index < -0.39 is 27.9 Å². The number of rotatable bonds is 2. The van der Waals surface area contributed by atoms with Crippen LogP contribution in [-0.2, 0) is 28.3 Å². The number of carbonyl (C=O) groups is 2. The van der Waals surface area contributed by atoms with Gasteiger partial charge in [0, 0.05) is 43.9 Å². The van der Waals surface area contributed by atoms with E-state index in [9.17, 15) is 13.8 Å². The molecule has 0 radical (unpaired) electrons. The largest absolute Gasteiger partial charge is 0.491 e. The second-order valence-electron chi connectivity index (χ2n) is 13.5. The summed E-state index contributed by atoms with van der Waals surface area (Å²) in [5.41, 5.74) is 3.49. The highest BCUT2D eigenvalue weighted by atomic mass is 35.5. The number of benzene rings is 2. The van der Waals surface area contributed by atoms with Crippen molar-refractivity contribution in [1.29, 1.82) is 5.26 Å². The molecule has 1 N–H and O–H groups in total. The number of hydrogen-bond donors (Lipinski definition) is 2. The zero-order chi connectivity index (χ0) is 33.8. The van der Waals surface area contributed by atoms with Gasteiger partial charge in [-0.25, -0.2) is 4.79 Å². The van der Waals surface area contributed by atoms with E-state index >= 15 is 0 Å². The van der Waals surface area contributed by atoms with E-state index in [1.165, 1.54) is 16.0 Å². The Hall–Kier alpha value is -3.59. The fourth-order valence-corrected chi connectivity index (χ4v) is 8.50. The Balaban J connectivity index is 1.40. The van der Waals surface area contributed by atoms with Crippen LogP contribution in [0.25, 0.3) is 0 Å². The van der Waals surface area contributed by atoms with Crippen molar-refractivity contribution >= 4 is 39.8 Å². The molecule has 6 rings (SSSR count). The Morgan fingerprint density at radius 3 is 2.73 bits per heavy atom. The first-order chi connectivity index (χ1) is 23.2. The third-order valence-corrected chi connectivity index (χ3v) is 11.9. The number of methoxy groups -OCH3 is 1. The normalized spacial score (nSPS) is 29.2. The minimum atomic E-state index is -2.53. The summed E-state index contributed by atoms with van der Waals surface area (Å²) in [5, 5.41) is 11.9. The summed E-state index contributed by atoms with van der Waals surface area (Å²) in [4.78, 5) is 30.6. The summed E-state index contributed by atoms with van der Waals surface area (Å²) in [6.45, 7) is 4.42. The fraction of sp³-hybridized carbons (Fsp3) is 0.528. The summed E-state index contributed by atoms with van der Waals surface area (Å²) in [5.74, 6) is 0.235. The molecule has 10 nitrogen and oxygen atoms in total. The van der Waals surface area contributed by atoms with Crippen LogP contribution in [-0.4, -0.2) is 65.9 Å². The van der Waals surface area contributed by atoms with Crippen LogP contribution in [0.5, 0.6) is 5.75 Å². The van der Waals surface area contributed by atoms with Gasteiger partial charge in [-0.2, -0.15) is 9.62 Å². The van der Waals surface area contributed by atoms with Crippen molar-refractivity contribution in [2.75, 3.05) is 38.3 Å². The lowest BCUT2D eigenvalue weighted by molar-refractivity contribution is 0.0133. The number of nitriles is 1. The van der Waals surface area contributed by atoms with Crippen molar-refractivity contribution in [1.82, 2.24) is 10.2 Å². The van der Waals surface area contributed by atoms with E-state index in [-0.39, 0.29) is 17.9 Å². The van der Waals surface area contributed by atoms with Gasteiger partial charge in [-0.05, 0) is 97.7 Å². The van der Waals surface area contributed by atoms with Gasteiger partial charge >= 0.3 is 6.03 Å².